The second-order valence-electron chi connectivity index (χ2n) is 5.72. The van der Waals surface area contributed by atoms with E-state index in [-0.39, 0.29) is 5.91 Å². The van der Waals surface area contributed by atoms with E-state index in [1.165, 1.54) is 16.4 Å². The van der Waals surface area contributed by atoms with Crippen LogP contribution in [-0.4, -0.2) is 25.5 Å². The maximum absolute atomic E-state index is 12.3. The van der Waals surface area contributed by atoms with Crippen LogP contribution in [0, 0.1) is 6.92 Å². The zero-order chi connectivity index (χ0) is 17.1. The van der Waals surface area contributed by atoms with E-state index in [0.717, 1.165) is 5.56 Å². The summed E-state index contributed by atoms with van der Waals surface area (Å²) >= 11 is 5.83. The Kier molecular flexibility index (Phi) is 4.66. The maximum Gasteiger partial charge on any atom is 0.249 e. The molecular formula is C17H18ClN5O. The summed E-state index contributed by atoms with van der Waals surface area (Å²) < 4.78 is 3.31. The van der Waals surface area contributed by atoms with Crippen molar-refractivity contribution >= 4 is 23.2 Å². The highest BCUT2D eigenvalue weighted by molar-refractivity contribution is 6.30. The van der Waals surface area contributed by atoms with Gasteiger partial charge < -0.3 is 5.32 Å². The van der Waals surface area contributed by atoms with Gasteiger partial charge in [-0.05, 0) is 19.4 Å². The summed E-state index contributed by atoms with van der Waals surface area (Å²) in [6.45, 7) is 4.47. The van der Waals surface area contributed by atoms with E-state index in [0.29, 0.717) is 17.3 Å². The van der Waals surface area contributed by atoms with E-state index in [1.54, 1.807) is 24.0 Å². The Morgan fingerprint density at radius 1 is 1.29 bits per heavy atom. The van der Waals surface area contributed by atoms with Crippen molar-refractivity contribution in [1.29, 1.82) is 0 Å². The number of benzene rings is 1. The minimum Gasteiger partial charge on any atom is -0.322 e. The van der Waals surface area contributed by atoms with Crippen LogP contribution in [-0.2, 0) is 11.3 Å². The van der Waals surface area contributed by atoms with E-state index in [2.05, 4.69) is 40.6 Å². The predicted molar refractivity (Wildman–Crippen MR) is 93.1 cm³/mol. The Balaban J connectivity index is 1.64. The molecule has 1 aromatic carbocycles. The summed E-state index contributed by atoms with van der Waals surface area (Å²) in [5, 5.41) is 11.7. The number of halogens is 1. The van der Waals surface area contributed by atoms with E-state index < -0.39 is 6.04 Å². The van der Waals surface area contributed by atoms with Crippen LogP contribution in [0.3, 0.4) is 0 Å². The molecule has 0 aliphatic carbocycles. The number of carbonyl (C=O) groups is 1. The fraction of sp³-hybridized carbons (Fsp3) is 0.235. The predicted octanol–water partition coefficient (Wildman–Crippen LogP) is 3.29. The molecule has 6 nitrogen and oxygen atoms in total. The third-order valence-electron chi connectivity index (χ3n) is 3.67. The van der Waals surface area contributed by atoms with E-state index in [9.17, 15) is 4.79 Å². The fourth-order valence-electron chi connectivity index (χ4n) is 2.41. The lowest BCUT2D eigenvalue weighted by atomic mass is 10.1. The third kappa shape index (κ3) is 3.83. The summed E-state index contributed by atoms with van der Waals surface area (Å²) in [4.78, 5) is 12.3. The molecule has 1 N–H and O–H groups in total. The van der Waals surface area contributed by atoms with Crippen LogP contribution >= 0.6 is 11.6 Å². The van der Waals surface area contributed by atoms with Gasteiger partial charge in [0.05, 0.1) is 29.6 Å². The van der Waals surface area contributed by atoms with Crippen molar-refractivity contribution in [3.05, 3.63) is 65.2 Å². The van der Waals surface area contributed by atoms with Gasteiger partial charge in [0.1, 0.15) is 6.04 Å². The van der Waals surface area contributed by atoms with Crippen LogP contribution in [0.1, 0.15) is 24.1 Å². The maximum atomic E-state index is 12.3. The number of rotatable bonds is 5. The quantitative estimate of drug-likeness (QED) is 0.773. The lowest BCUT2D eigenvalue weighted by Crippen LogP contribution is -2.23. The number of aryl methyl sites for hydroxylation is 1. The summed E-state index contributed by atoms with van der Waals surface area (Å²) in [7, 11) is 0. The highest BCUT2D eigenvalue weighted by Crippen LogP contribution is 2.14. The van der Waals surface area contributed by atoms with E-state index in [1.807, 2.05) is 12.3 Å². The second kappa shape index (κ2) is 6.88. The minimum absolute atomic E-state index is 0.176. The number of nitrogens with one attached hydrogen (secondary N) is 1. The molecule has 3 rings (SSSR count). The van der Waals surface area contributed by atoms with Crippen LogP contribution < -0.4 is 5.32 Å². The van der Waals surface area contributed by atoms with Gasteiger partial charge in [-0.15, -0.1) is 0 Å². The van der Waals surface area contributed by atoms with E-state index >= 15 is 0 Å². The lowest BCUT2D eigenvalue weighted by molar-refractivity contribution is -0.119. The molecule has 1 unspecified atom stereocenters. The van der Waals surface area contributed by atoms with E-state index in [4.69, 9.17) is 11.6 Å². The Morgan fingerprint density at radius 2 is 2.12 bits per heavy atom. The van der Waals surface area contributed by atoms with Crippen molar-refractivity contribution in [2.75, 3.05) is 5.32 Å². The average molecular weight is 344 g/mol. The van der Waals surface area contributed by atoms with Crippen molar-refractivity contribution in [1.82, 2.24) is 19.6 Å². The SMILES string of the molecule is Cc1cccc(Cn2cc(NC(=O)C(C)n3cc(Cl)cn3)cn2)c1. The van der Waals surface area contributed by atoms with Gasteiger partial charge in [-0.25, -0.2) is 0 Å². The first-order valence-corrected chi connectivity index (χ1v) is 7.97. The zero-order valence-electron chi connectivity index (χ0n) is 13.5. The van der Waals surface area contributed by atoms with Crippen LogP contribution in [0.15, 0.2) is 49.1 Å². The van der Waals surface area contributed by atoms with Crippen molar-refractivity contribution in [2.24, 2.45) is 0 Å². The first-order valence-electron chi connectivity index (χ1n) is 7.60. The topological polar surface area (TPSA) is 64.7 Å². The highest BCUT2D eigenvalue weighted by Gasteiger charge is 2.16. The zero-order valence-corrected chi connectivity index (χ0v) is 14.2. The molecule has 2 aromatic heterocycles. The Labute approximate surface area is 145 Å². The molecule has 0 saturated carbocycles. The number of hydrogen-bond donors (Lipinski definition) is 1. The molecule has 0 saturated heterocycles. The molecule has 1 atom stereocenters. The van der Waals surface area contributed by atoms with Gasteiger partial charge in [-0.2, -0.15) is 10.2 Å². The van der Waals surface area contributed by atoms with Gasteiger partial charge in [0.25, 0.3) is 0 Å². The molecule has 0 aliphatic heterocycles. The molecule has 0 bridgehead atoms. The molecule has 1 amide bonds. The molecule has 24 heavy (non-hydrogen) atoms. The largest absolute Gasteiger partial charge is 0.322 e. The minimum atomic E-state index is -0.461. The lowest BCUT2D eigenvalue weighted by Gasteiger charge is -2.11. The number of carbonyl (C=O) groups excluding carboxylic acids is 1. The van der Waals surface area contributed by atoms with Crippen LogP contribution in [0.2, 0.25) is 5.02 Å². The Hall–Kier alpha value is -2.60. The Bertz CT molecular complexity index is 854. The number of amides is 1. The number of aromatic nitrogens is 4. The molecule has 124 valence electrons. The molecular weight excluding hydrogens is 326 g/mol. The number of hydrogen-bond acceptors (Lipinski definition) is 3. The first kappa shape index (κ1) is 16.3. The number of nitrogens with zero attached hydrogens (tertiary/aromatic N) is 4. The second-order valence-corrected chi connectivity index (χ2v) is 6.16. The van der Waals surface area contributed by atoms with Crippen molar-refractivity contribution < 1.29 is 4.79 Å². The van der Waals surface area contributed by atoms with Crippen LogP contribution in [0.25, 0.3) is 0 Å². The standard InChI is InChI=1S/C17H18ClN5O/c1-12-4-3-5-14(6-12)9-22-11-16(8-19-22)21-17(24)13(2)23-10-15(18)7-20-23/h3-8,10-11,13H,9H2,1-2H3,(H,21,24). The average Bonchev–Trinajstić information content (AvgIpc) is 3.16. The molecule has 7 heteroatoms. The summed E-state index contributed by atoms with van der Waals surface area (Å²) in [5.74, 6) is -0.176. The Morgan fingerprint density at radius 3 is 2.83 bits per heavy atom. The molecule has 3 aromatic rings. The number of anilines is 1. The van der Waals surface area contributed by atoms with Gasteiger partial charge in [0.2, 0.25) is 5.91 Å². The normalized spacial score (nSPS) is 12.1. The van der Waals surface area contributed by atoms with Crippen LogP contribution in [0.4, 0.5) is 5.69 Å². The summed E-state index contributed by atoms with van der Waals surface area (Å²) in [6.07, 6.45) is 6.57. The monoisotopic (exact) mass is 343 g/mol. The van der Waals surface area contributed by atoms with Gasteiger partial charge in [-0.1, -0.05) is 41.4 Å². The van der Waals surface area contributed by atoms with Crippen molar-refractivity contribution in [3.8, 4) is 0 Å². The smallest absolute Gasteiger partial charge is 0.249 e. The third-order valence-corrected chi connectivity index (χ3v) is 3.87. The summed E-state index contributed by atoms with van der Waals surface area (Å²) in [6, 6.07) is 7.78. The molecule has 0 radical (unpaired) electrons. The molecule has 2 heterocycles. The van der Waals surface area contributed by atoms with Crippen molar-refractivity contribution in [2.45, 2.75) is 26.4 Å². The van der Waals surface area contributed by atoms with Gasteiger partial charge in [0.15, 0.2) is 0 Å². The highest BCUT2D eigenvalue weighted by atomic mass is 35.5. The molecule has 0 aliphatic rings. The van der Waals surface area contributed by atoms with Crippen LogP contribution in [0.5, 0.6) is 0 Å². The van der Waals surface area contributed by atoms with Gasteiger partial charge >= 0.3 is 0 Å². The summed E-state index contributed by atoms with van der Waals surface area (Å²) in [5.41, 5.74) is 3.02. The van der Waals surface area contributed by atoms with Gasteiger partial charge in [0, 0.05) is 12.4 Å². The fourth-order valence-corrected chi connectivity index (χ4v) is 2.55. The van der Waals surface area contributed by atoms with Gasteiger partial charge in [-0.3, -0.25) is 14.2 Å². The molecule has 0 spiro atoms. The first-order chi connectivity index (χ1) is 11.5. The van der Waals surface area contributed by atoms with Crippen molar-refractivity contribution in [3.63, 3.8) is 0 Å². The molecule has 0 fully saturated rings.